The predicted molar refractivity (Wildman–Crippen MR) is 90.9 cm³/mol. The standard InChI is InChI=1S/C18H28S/c1-3-10-17-12-14-18(15-13-17)11-8-6-5-7-9-16-19-4-2/h3,10,12-15H,4-9,11,16H2,1-2H3/b10-3+. The molecule has 1 rings (SSSR count). The van der Waals surface area contributed by atoms with Crippen molar-refractivity contribution in [2.45, 2.75) is 52.4 Å². The third kappa shape index (κ3) is 8.15. The first-order valence-electron chi connectivity index (χ1n) is 7.66. The van der Waals surface area contributed by atoms with Crippen LogP contribution in [0.4, 0.5) is 0 Å². The van der Waals surface area contributed by atoms with E-state index in [4.69, 9.17) is 0 Å². The van der Waals surface area contributed by atoms with Crippen LogP contribution in [0.15, 0.2) is 30.3 Å². The largest absolute Gasteiger partial charge is 0.162 e. The third-order valence-corrected chi connectivity index (χ3v) is 4.28. The van der Waals surface area contributed by atoms with Crippen molar-refractivity contribution >= 4 is 17.8 Å². The molecule has 0 aliphatic heterocycles. The number of allylic oxidation sites excluding steroid dienone is 1. The average molecular weight is 276 g/mol. The van der Waals surface area contributed by atoms with Gasteiger partial charge in [0.2, 0.25) is 0 Å². The molecule has 0 aliphatic rings. The Morgan fingerprint density at radius 1 is 0.947 bits per heavy atom. The van der Waals surface area contributed by atoms with E-state index >= 15 is 0 Å². The maximum absolute atomic E-state index is 2.27. The highest BCUT2D eigenvalue weighted by atomic mass is 32.2. The summed E-state index contributed by atoms with van der Waals surface area (Å²) >= 11 is 2.07. The molecule has 0 N–H and O–H groups in total. The Hall–Kier alpha value is -0.690. The van der Waals surface area contributed by atoms with Gasteiger partial charge in [0.05, 0.1) is 0 Å². The first kappa shape index (κ1) is 16.4. The van der Waals surface area contributed by atoms with E-state index in [-0.39, 0.29) is 0 Å². The summed E-state index contributed by atoms with van der Waals surface area (Å²) < 4.78 is 0. The molecule has 0 fully saturated rings. The molecule has 1 heteroatoms. The normalized spacial score (nSPS) is 11.3. The Labute approximate surface area is 123 Å². The number of hydrogen-bond acceptors (Lipinski definition) is 1. The second kappa shape index (κ2) is 11.2. The SMILES string of the molecule is C/C=C/c1ccc(CCCCCCCSCC)cc1. The van der Waals surface area contributed by atoms with Crippen LogP contribution in [-0.4, -0.2) is 11.5 Å². The molecule has 0 aromatic heterocycles. The maximum Gasteiger partial charge on any atom is -0.00676 e. The Kier molecular flexibility index (Phi) is 9.61. The summed E-state index contributed by atoms with van der Waals surface area (Å²) in [6.45, 7) is 4.30. The molecule has 0 unspecified atom stereocenters. The molecule has 106 valence electrons. The van der Waals surface area contributed by atoms with Gasteiger partial charge in [-0.25, -0.2) is 0 Å². The number of benzene rings is 1. The van der Waals surface area contributed by atoms with E-state index in [0.717, 1.165) is 0 Å². The maximum atomic E-state index is 2.27. The van der Waals surface area contributed by atoms with Gasteiger partial charge in [-0.1, -0.05) is 62.6 Å². The average Bonchev–Trinajstić information content (AvgIpc) is 2.44. The lowest BCUT2D eigenvalue weighted by atomic mass is 10.0. The Morgan fingerprint density at radius 2 is 1.63 bits per heavy atom. The third-order valence-electron chi connectivity index (χ3n) is 3.30. The Balaban J connectivity index is 2.06. The van der Waals surface area contributed by atoms with Crippen LogP contribution in [0.25, 0.3) is 6.08 Å². The van der Waals surface area contributed by atoms with E-state index in [9.17, 15) is 0 Å². The molecular formula is C18H28S. The quantitative estimate of drug-likeness (QED) is 0.475. The summed E-state index contributed by atoms with van der Waals surface area (Å²) in [5, 5.41) is 0. The van der Waals surface area contributed by atoms with Crippen molar-refractivity contribution in [2.24, 2.45) is 0 Å². The van der Waals surface area contributed by atoms with Crippen molar-refractivity contribution in [3.05, 3.63) is 41.5 Å². The Bertz CT molecular complexity index is 337. The van der Waals surface area contributed by atoms with Crippen LogP contribution in [0.2, 0.25) is 0 Å². The number of unbranched alkanes of at least 4 members (excludes halogenated alkanes) is 4. The van der Waals surface area contributed by atoms with E-state index in [1.54, 1.807) is 0 Å². The fraction of sp³-hybridized carbons (Fsp3) is 0.556. The molecule has 0 spiro atoms. The number of rotatable bonds is 10. The molecule has 0 radical (unpaired) electrons. The summed E-state index contributed by atoms with van der Waals surface area (Å²) in [5.41, 5.74) is 2.79. The summed E-state index contributed by atoms with van der Waals surface area (Å²) in [5.74, 6) is 2.62. The van der Waals surface area contributed by atoms with Crippen LogP contribution in [0, 0.1) is 0 Å². The number of hydrogen-bond donors (Lipinski definition) is 0. The van der Waals surface area contributed by atoms with Crippen molar-refractivity contribution in [3.8, 4) is 0 Å². The second-order valence-electron chi connectivity index (χ2n) is 4.96. The molecule has 0 atom stereocenters. The van der Waals surface area contributed by atoms with Gasteiger partial charge in [0.25, 0.3) is 0 Å². The van der Waals surface area contributed by atoms with E-state index < -0.39 is 0 Å². The van der Waals surface area contributed by atoms with Gasteiger partial charge in [-0.15, -0.1) is 0 Å². The summed E-state index contributed by atoms with van der Waals surface area (Å²) in [6.07, 6.45) is 12.4. The molecule has 0 aliphatic carbocycles. The van der Waals surface area contributed by atoms with Crippen molar-refractivity contribution < 1.29 is 0 Å². The van der Waals surface area contributed by atoms with Crippen molar-refractivity contribution in [3.63, 3.8) is 0 Å². The van der Waals surface area contributed by atoms with E-state index in [1.807, 2.05) is 0 Å². The molecule has 0 amide bonds. The van der Waals surface area contributed by atoms with Crippen LogP contribution in [0.5, 0.6) is 0 Å². The number of aryl methyl sites for hydroxylation is 1. The molecule has 0 bridgehead atoms. The van der Waals surface area contributed by atoms with Crippen LogP contribution in [0.3, 0.4) is 0 Å². The minimum absolute atomic E-state index is 1.24. The first-order valence-corrected chi connectivity index (χ1v) is 8.81. The van der Waals surface area contributed by atoms with Crippen molar-refractivity contribution in [2.75, 3.05) is 11.5 Å². The zero-order valence-electron chi connectivity index (χ0n) is 12.5. The fourth-order valence-electron chi connectivity index (χ4n) is 2.20. The molecule has 0 heterocycles. The lowest BCUT2D eigenvalue weighted by Crippen LogP contribution is -1.87. The van der Waals surface area contributed by atoms with Gasteiger partial charge in [-0.3, -0.25) is 0 Å². The topological polar surface area (TPSA) is 0 Å². The smallest absolute Gasteiger partial charge is 0.00676 e. The van der Waals surface area contributed by atoms with E-state index in [1.165, 1.54) is 61.2 Å². The van der Waals surface area contributed by atoms with Gasteiger partial charge >= 0.3 is 0 Å². The van der Waals surface area contributed by atoms with Crippen molar-refractivity contribution in [1.29, 1.82) is 0 Å². The molecule has 0 saturated heterocycles. The van der Waals surface area contributed by atoms with Crippen LogP contribution < -0.4 is 0 Å². The van der Waals surface area contributed by atoms with E-state index in [0.29, 0.717) is 0 Å². The zero-order chi connectivity index (χ0) is 13.8. The first-order chi connectivity index (χ1) is 9.36. The molecule has 0 nitrogen and oxygen atoms in total. The zero-order valence-corrected chi connectivity index (χ0v) is 13.3. The van der Waals surface area contributed by atoms with Gasteiger partial charge in [-0.2, -0.15) is 11.8 Å². The van der Waals surface area contributed by atoms with E-state index in [2.05, 4.69) is 62.0 Å². The van der Waals surface area contributed by atoms with Crippen LogP contribution in [-0.2, 0) is 6.42 Å². The van der Waals surface area contributed by atoms with Gasteiger partial charge in [-0.05, 0) is 48.8 Å². The minimum atomic E-state index is 1.24. The van der Waals surface area contributed by atoms with Gasteiger partial charge < -0.3 is 0 Å². The van der Waals surface area contributed by atoms with Crippen LogP contribution in [0.1, 0.15) is 57.1 Å². The minimum Gasteiger partial charge on any atom is -0.162 e. The molecular weight excluding hydrogens is 248 g/mol. The fourth-order valence-corrected chi connectivity index (χ4v) is 2.89. The van der Waals surface area contributed by atoms with Crippen molar-refractivity contribution in [1.82, 2.24) is 0 Å². The van der Waals surface area contributed by atoms with Gasteiger partial charge in [0.1, 0.15) is 0 Å². The summed E-state index contributed by atoms with van der Waals surface area (Å²) in [7, 11) is 0. The highest BCUT2D eigenvalue weighted by Gasteiger charge is 1.95. The highest BCUT2D eigenvalue weighted by molar-refractivity contribution is 7.99. The van der Waals surface area contributed by atoms with Gasteiger partial charge in [0, 0.05) is 0 Å². The Morgan fingerprint density at radius 3 is 2.32 bits per heavy atom. The second-order valence-corrected chi connectivity index (χ2v) is 6.35. The predicted octanol–water partition coefficient (Wildman–Crippen LogP) is 5.97. The lowest BCUT2D eigenvalue weighted by molar-refractivity contribution is 0.634. The summed E-state index contributed by atoms with van der Waals surface area (Å²) in [6, 6.07) is 8.98. The molecule has 19 heavy (non-hydrogen) atoms. The highest BCUT2D eigenvalue weighted by Crippen LogP contribution is 2.12. The monoisotopic (exact) mass is 276 g/mol. The molecule has 1 aromatic carbocycles. The lowest BCUT2D eigenvalue weighted by Gasteiger charge is -2.03. The van der Waals surface area contributed by atoms with Crippen LogP contribution >= 0.6 is 11.8 Å². The van der Waals surface area contributed by atoms with Gasteiger partial charge in [0.15, 0.2) is 0 Å². The number of thioether (sulfide) groups is 1. The molecule has 0 saturated carbocycles. The molecule has 1 aromatic rings. The summed E-state index contributed by atoms with van der Waals surface area (Å²) in [4.78, 5) is 0.